The lowest BCUT2D eigenvalue weighted by molar-refractivity contribution is 0.199. The lowest BCUT2D eigenvalue weighted by Crippen LogP contribution is -1.75. The van der Waals surface area contributed by atoms with Gasteiger partial charge in [-0.15, -0.1) is 0 Å². The highest BCUT2D eigenvalue weighted by Crippen LogP contribution is 2.02. The Hall–Kier alpha value is -0.300. The molecule has 0 aromatic rings. The highest BCUT2D eigenvalue weighted by atomic mass is 16.2. The number of rotatable bonds is 7. The van der Waals surface area contributed by atoms with Gasteiger partial charge in [-0.1, -0.05) is 38.3 Å². The van der Waals surface area contributed by atoms with Gasteiger partial charge in [0.1, 0.15) is 0 Å². The molecule has 0 fully saturated rings. The van der Waals surface area contributed by atoms with Crippen molar-refractivity contribution >= 4 is 0 Å². The Balaban J connectivity index is 2.89. The average molecular weight is 155 g/mol. The summed E-state index contributed by atoms with van der Waals surface area (Å²) >= 11 is 0. The smallest absolute Gasteiger partial charge is 0.0856 e. The summed E-state index contributed by atoms with van der Waals surface area (Å²) in [5.41, 5.74) is 0. The lowest BCUT2D eigenvalue weighted by atomic mass is 10.1. The van der Waals surface area contributed by atoms with Crippen LogP contribution in [0, 0.1) is 0 Å². The largest absolute Gasteiger partial charge is 0.236 e. The van der Waals surface area contributed by atoms with Gasteiger partial charge in [0.25, 0.3) is 0 Å². The second-order valence-corrected chi connectivity index (χ2v) is 2.81. The first-order valence-electron chi connectivity index (χ1n) is 4.65. The number of unbranched alkanes of at least 4 members (excludes halogenated alkanes) is 4. The Bertz CT molecular complexity index is 86.9. The molecule has 0 aliphatic rings. The zero-order chi connectivity index (χ0) is 8.36. The van der Waals surface area contributed by atoms with Crippen molar-refractivity contribution in [3.8, 4) is 0 Å². The monoisotopic (exact) mass is 155 g/mol. The van der Waals surface area contributed by atoms with E-state index in [-0.39, 0.29) is 6.61 Å². The van der Waals surface area contributed by atoms with Gasteiger partial charge in [0, 0.05) is 0 Å². The summed E-state index contributed by atoms with van der Waals surface area (Å²) in [7, 11) is 0. The molecule has 0 bridgehead atoms. The SMILES string of the molecule is CCCCCC/C=C\CC[O]. The van der Waals surface area contributed by atoms with Gasteiger partial charge in [0.05, 0.1) is 6.61 Å². The molecule has 0 saturated heterocycles. The standard InChI is InChI=1S/C10H19O/c1-2-3-4-5-6-7-8-9-10-11/h7-8H,2-6,9-10H2,1H3/b8-7-. The summed E-state index contributed by atoms with van der Waals surface area (Å²) < 4.78 is 0. The van der Waals surface area contributed by atoms with Gasteiger partial charge in [-0.3, -0.25) is 0 Å². The normalized spacial score (nSPS) is 11.1. The second-order valence-electron chi connectivity index (χ2n) is 2.81. The van der Waals surface area contributed by atoms with Crippen LogP contribution < -0.4 is 0 Å². The molecule has 0 heterocycles. The van der Waals surface area contributed by atoms with E-state index >= 15 is 0 Å². The summed E-state index contributed by atoms with van der Waals surface area (Å²) in [4.78, 5) is 0. The van der Waals surface area contributed by atoms with E-state index in [1.807, 2.05) is 6.08 Å². The van der Waals surface area contributed by atoms with Crippen LogP contribution in [0.3, 0.4) is 0 Å². The van der Waals surface area contributed by atoms with Crippen LogP contribution in [0.4, 0.5) is 0 Å². The summed E-state index contributed by atoms with van der Waals surface area (Å²) in [6.07, 6.45) is 11.2. The van der Waals surface area contributed by atoms with E-state index in [0.717, 1.165) is 6.42 Å². The molecule has 1 heteroatoms. The number of hydrogen-bond donors (Lipinski definition) is 0. The molecule has 65 valence electrons. The average Bonchev–Trinajstić information content (AvgIpc) is 2.03. The third-order valence-electron chi connectivity index (χ3n) is 1.68. The molecule has 0 aliphatic heterocycles. The van der Waals surface area contributed by atoms with E-state index < -0.39 is 0 Å². The first-order chi connectivity index (χ1) is 5.41. The second kappa shape index (κ2) is 9.70. The molecule has 0 aromatic carbocycles. The van der Waals surface area contributed by atoms with Crippen LogP contribution in [-0.2, 0) is 5.11 Å². The quantitative estimate of drug-likeness (QED) is 0.397. The Morgan fingerprint density at radius 3 is 2.36 bits per heavy atom. The third kappa shape index (κ3) is 9.70. The molecule has 0 N–H and O–H groups in total. The maximum absolute atomic E-state index is 10.0. The van der Waals surface area contributed by atoms with Gasteiger partial charge in [-0.05, 0) is 19.3 Å². The van der Waals surface area contributed by atoms with Crippen LogP contribution in [0.5, 0.6) is 0 Å². The molecule has 0 amide bonds. The predicted molar refractivity (Wildman–Crippen MR) is 48.1 cm³/mol. The van der Waals surface area contributed by atoms with Gasteiger partial charge in [0.15, 0.2) is 0 Å². The summed E-state index contributed by atoms with van der Waals surface area (Å²) in [6.45, 7) is 2.25. The van der Waals surface area contributed by atoms with E-state index in [4.69, 9.17) is 0 Å². The van der Waals surface area contributed by atoms with Gasteiger partial charge in [0.2, 0.25) is 0 Å². The molecule has 0 unspecified atom stereocenters. The minimum atomic E-state index is 0.0332. The summed E-state index contributed by atoms with van der Waals surface area (Å²) in [5, 5.41) is 10.0. The highest BCUT2D eigenvalue weighted by Gasteiger charge is 1.83. The number of allylic oxidation sites excluding steroid dienone is 1. The van der Waals surface area contributed by atoms with Crippen LogP contribution in [0.15, 0.2) is 12.2 Å². The van der Waals surface area contributed by atoms with Gasteiger partial charge in [-0.25, -0.2) is 5.11 Å². The summed E-state index contributed by atoms with van der Waals surface area (Å²) in [5.74, 6) is 0. The van der Waals surface area contributed by atoms with Crippen molar-refractivity contribution in [2.45, 2.75) is 45.4 Å². The maximum atomic E-state index is 10.0. The lowest BCUT2D eigenvalue weighted by Gasteiger charge is -1.93. The van der Waals surface area contributed by atoms with Crippen molar-refractivity contribution < 1.29 is 5.11 Å². The van der Waals surface area contributed by atoms with Crippen molar-refractivity contribution in [1.29, 1.82) is 0 Å². The minimum Gasteiger partial charge on any atom is -0.236 e. The molecule has 1 radical (unpaired) electrons. The van der Waals surface area contributed by atoms with Crippen molar-refractivity contribution in [3.63, 3.8) is 0 Å². The minimum absolute atomic E-state index is 0.0332. The van der Waals surface area contributed by atoms with Crippen LogP contribution in [-0.4, -0.2) is 6.61 Å². The first kappa shape index (κ1) is 10.7. The number of hydrogen-bond acceptors (Lipinski definition) is 0. The molecular weight excluding hydrogens is 136 g/mol. The van der Waals surface area contributed by atoms with Crippen molar-refractivity contribution in [2.75, 3.05) is 6.61 Å². The van der Waals surface area contributed by atoms with Crippen LogP contribution in [0.1, 0.15) is 45.4 Å². The third-order valence-corrected chi connectivity index (χ3v) is 1.68. The van der Waals surface area contributed by atoms with E-state index in [1.54, 1.807) is 0 Å². The van der Waals surface area contributed by atoms with E-state index in [0.29, 0.717) is 6.42 Å². The Morgan fingerprint density at radius 1 is 1.00 bits per heavy atom. The molecule has 11 heavy (non-hydrogen) atoms. The molecule has 0 atom stereocenters. The van der Waals surface area contributed by atoms with Crippen LogP contribution in [0.25, 0.3) is 0 Å². The van der Waals surface area contributed by atoms with Crippen molar-refractivity contribution in [1.82, 2.24) is 0 Å². The Kier molecular flexibility index (Phi) is 9.44. The first-order valence-corrected chi connectivity index (χ1v) is 4.65. The Labute approximate surface area is 70.1 Å². The molecule has 0 rings (SSSR count). The highest BCUT2D eigenvalue weighted by molar-refractivity contribution is 4.80. The molecule has 0 aliphatic carbocycles. The molecule has 0 saturated carbocycles. The van der Waals surface area contributed by atoms with E-state index in [2.05, 4.69) is 13.0 Å². The zero-order valence-electron chi connectivity index (χ0n) is 7.51. The molecule has 0 spiro atoms. The van der Waals surface area contributed by atoms with E-state index in [9.17, 15) is 5.11 Å². The van der Waals surface area contributed by atoms with Gasteiger partial charge in [-0.2, -0.15) is 0 Å². The fourth-order valence-corrected chi connectivity index (χ4v) is 0.993. The van der Waals surface area contributed by atoms with Crippen LogP contribution >= 0.6 is 0 Å². The van der Waals surface area contributed by atoms with E-state index in [1.165, 1.54) is 25.7 Å². The summed E-state index contributed by atoms with van der Waals surface area (Å²) in [6, 6.07) is 0. The van der Waals surface area contributed by atoms with Crippen molar-refractivity contribution in [3.05, 3.63) is 12.2 Å². The maximum Gasteiger partial charge on any atom is 0.0856 e. The van der Waals surface area contributed by atoms with Gasteiger partial charge >= 0.3 is 0 Å². The fraction of sp³-hybridized carbons (Fsp3) is 0.800. The zero-order valence-corrected chi connectivity index (χ0v) is 7.51. The van der Waals surface area contributed by atoms with Crippen molar-refractivity contribution in [2.24, 2.45) is 0 Å². The van der Waals surface area contributed by atoms with Gasteiger partial charge < -0.3 is 0 Å². The molecule has 1 nitrogen and oxygen atoms in total. The predicted octanol–water partition coefficient (Wildman–Crippen LogP) is 3.33. The van der Waals surface area contributed by atoms with Crippen LogP contribution in [0.2, 0.25) is 0 Å². The molecule has 0 aromatic heterocycles. The fourth-order valence-electron chi connectivity index (χ4n) is 0.993. The topological polar surface area (TPSA) is 19.9 Å². The molecular formula is C10H19O. The Morgan fingerprint density at radius 2 is 1.73 bits per heavy atom.